The molecule has 7 nitrogen and oxygen atoms in total. The van der Waals surface area contributed by atoms with Gasteiger partial charge in [0.25, 0.3) is 0 Å². The van der Waals surface area contributed by atoms with Crippen molar-refractivity contribution in [1.29, 1.82) is 0 Å². The van der Waals surface area contributed by atoms with Gasteiger partial charge < -0.3 is 19.7 Å². The Hall–Kier alpha value is -1.74. The van der Waals surface area contributed by atoms with Gasteiger partial charge in [-0.25, -0.2) is 0 Å². The Morgan fingerprint density at radius 3 is 2.51 bits per heavy atom. The molecule has 2 fully saturated rings. The van der Waals surface area contributed by atoms with Crippen LogP contribution >= 0.6 is 11.8 Å². The first-order valence-corrected chi connectivity index (χ1v) is 14.5. The first kappa shape index (κ1) is 29.8. The van der Waals surface area contributed by atoms with E-state index >= 15 is 0 Å². The van der Waals surface area contributed by atoms with Crippen molar-refractivity contribution in [3.05, 3.63) is 29.6 Å². The van der Waals surface area contributed by atoms with Crippen LogP contribution in [0.3, 0.4) is 0 Å². The molecule has 0 aromatic carbocycles. The maximum atomic E-state index is 13.3. The first-order valence-electron chi connectivity index (χ1n) is 13.2. The molecule has 2 aliphatic heterocycles. The molecule has 37 heavy (non-hydrogen) atoms. The Balaban J connectivity index is 1.86. The number of aliphatic hydroxyl groups is 2. The Bertz CT molecular complexity index is 993. The summed E-state index contributed by atoms with van der Waals surface area (Å²) >= 11 is 1.62. The molecular formula is C29H43NO6S. The number of esters is 1. The second-order valence-corrected chi connectivity index (χ2v) is 12.5. The van der Waals surface area contributed by atoms with Crippen LogP contribution in [0, 0.1) is 17.3 Å². The Labute approximate surface area is 225 Å². The van der Waals surface area contributed by atoms with Gasteiger partial charge in [0, 0.05) is 23.4 Å². The number of rotatable bonds is 3. The summed E-state index contributed by atoms with van der Waals surface area (Å²) < 4.78 is 12.0. The lowest BCUT2D eigenvalue weighted by atomic mass is 9.73. The SMILES string of the molecule is CSc1ccc(/C=C(\C)C2C[C@@H]3O[C@]3(C)CCC[C@H](C)[C@H](O)[C@@H](C)C(=O)C(C)(C)[C@@H](O)CC(=O)O2)nc1. The van der Waals surface area contributed by atoms with Gasteiger partial charge in [-0.15, -0.1) is 11.8 Å². The van der Waals surface area contributed by atoms with E-state index in [-0.39, 0.29) is 29.8 Å². The summed E-state index contributed by atoms with van der Waals surface area (Å²) in [7, 11) is 0. The van der Waals surface area contributed by atoms with Gasteiger partial charge in [0.05, 0.1) is 41.4 Å². The quantitative estimate of drug-likeness (QED) is 0.323. The smallest absolute Gasteiger partial charge is 0.309 e. The molecule has 0 radical (unpaired) electrons. The highest BCUT2D eigenvalue weighted by Crippen LogP contribution is 2.45. The number of hydrogen-bond acceptors (Lipinski definition) is 8. The Morgan fingerprint density at radius 2 is 1.89 bits per heavy atom. The standard InChI is InChI=1S/C29H43NO6S/c1-17-9-8-12-29(6)24(36-29)14-22(18(2)13-20-10-11-21(37-7)16-30-20)35-25(32)15-23(31)28(4,5)27(34)19(3)26(17)33/h10-11,13,16-17,19,22-24,26,31,33H,8-9,12,14-15H2,1-7H3/b18-13+/t17-,19+,22?,23-,24-,26-,29+/m0/s1. The van der Waals surface area contributed by atoms with E-state index in [0.717, 1.165) is 35.4 Å². The summed E-state index contributed by atoms with van der Waals surface area (Å²) in [4.78, 5) is 31.8. The van der Waals surface area contributed by atoms with Crippen molar-refractivity contribution >= 4 is 29.6 Å². The van der Waals surface area contributed by atoms with E-state index in [1.807, 2.05) is 44.5 Å². The van der Waals surface area contributed by atoms with Crippen LogP contribution in [0.15, 0.2) is 28.8 Å². The van der Waals surface area contributed by atoms with Crippen molar-refractivity contribution in [2.24, 2.45) is 17.3 Å². The number of thioether (sulfide) groups is 1. The molecule has 206 valence electrons. The molecule has 0 bridgehead atoms. The molecule has 2 aliphatic rings. The lowest BCUT2D eigenvalue weighted by Gasteiger charge is -2.34. The van der Waals surface area contributed by atoms with Crippen LogP contribution in [-0.2, 0) is 19.1 Å². The molecular weight excluding hydrogens is 490 g/mol. The zero-order chi connectivity index (χ0) is 27.5. The van der Waals surface area contributed by atoms with Crippen LogP contribution in [0.25, 0.3) is 6.08 Å². The van der Waals surface area contributed by atoms with Crippen molar-refractivity contribution in [3.8, 4) is 0 Å². The number of aliphatic hydroxyl groups excluding tert-OH is 2. The second-order valence-electron chi connectivity index (χ2n) is 11.6. The predicted octanol–water partition coefficient (Wildman–Crippen LogP) is 4.83. The van der Waals surface area contributed by atoms with Crippen LogP contribution in [-0.4, -0.2) is 63.2 Å². The topological polar surface area (TPSA) is 109 Å². The number of carbonyl (C=O) groups is 2. The third-order valence-corrected chi connectivity index (χ3v) is 9.00. The predicted molar refractivity (Wildman–Crippen MR) is 145 cm³/mol. The Morgan fingerprint density at radius 1 is 1.19 bits per heavy atom. The summed E-state index contributed by atoms with van der Waals surface area (Å²) in [5, 5.41) is 21.8. The van der Waals surface area contributed by atoms with Gasteiger partial charge in [0.1, 0.15) is 11.9 Å². The summed E-state index contributed by atoms with van der Waals surface area (Å²) in [5.41, 5.74) is 0.0872. The summed E-state index contributed by atoms with van der Waals surface area (Å²) in [6.07, 6.45) is 5.68. The van der Waals surface area contributed by atoms with E-state index in [4.69, 9.17) is 9.47 Å². The van der Waals surface area contributed by atoms with E-state index in [0.29, 0.717) is 6.42 Å². The minimum Gasteiger partial charge on any atom is -0.458 e. The minimum atomic E-state index is -1.24. The molecule has 7 atom stereocenters. The third kappa shape index (κ3) is 7.22. The lowest BCUT2D eigenvalue weighted by molar-refractivity contribution is -0.154. The number of ether oxygens (including phenoxy) is 2. The number of pyridine rings is 1. The van der Waals surface area contributed by atoms with Gasteiger partial charge in [-0.3, -0.25) is 14.6 Å². The molecule has 3 heterocycles. The minimum absolute atomic E-state index is 0.0597. The van der Waals surface area contributed by atoms with Crippen molar-refractivity contribution < 1.29 is 29.3 Å². The number of cyclic esters (lactones) is 1. The van der Waals surface area contributed by atoms with Gasteiger partial charge in [-0.05, 0) is 62.6 Å². The summed E-state index contributed by atoms with van der Waals surface area (Å²) in [6, 6.07) is 3.93. The summed E-state index contributed by atoms with van der Waals surface area (Å²) in [5.74, 6) is -1.57. The summed E-state index contributed by atoms with van der Waals surface area (Å²) in [6.45, 7) is 10.9. The maximum Gasteiger partial charge on any atom is 0.309 e. The molecule has 1 aromatic heterocycles. The number of fused-ring (bicyclic) bond motifs is 1. The molecule has 1 unspecified atom stereocenters. The molecule has 0 aliphatic carbocycles. The average Bonchev–Trinajstić information content (AvgIpc) is 3.50. The highest BCUT2D eigenvalue weighted by Gasteiger charge is 2.53. The van der Waals surface area contributed by atoms with Crippen LogP contribution in [0.4, 0.5) is 0 Å². The monoisotopic (exact) mass is 533 g/mol. The van der Waals surface area contributed by atoms with E-state index in [1.165, 1.54) is 0 Å². The number of ketones is 1. The van der Waals surface area contributed by atoms with Crippen LogP contribution < -0.4 is 0 Å². The molecule has 0 saturated carbocycles. The molecule has 2 N–H and O–H groups in total. The Kier molecular flexibility index (Phi) is 9.65. The van der Waals surface area contributed by atoms with Gasteiger partial charge in [0.2, 0.25) is 0 Å². The van der Waals surface area contributed by atoms with Gasteiger partial charge in [0.15, 0.2) is 0 Å². The maximum absolute atomic E-state index is 13.3. The van der Waals surface area contributed by atoms with E-state index in [1.54, 1.807) is 32.5 Å². The highest BCUT2D eigenvalue weighted by molar-refractivity contribution is 7.98. The number of epoxide rings is 1. The van der Waals surface area contributed by atoms with Gasteiger partial charge in [-0.1, -0.05) is 34.1 Å². The first-order chi connectivity index (χ1) is 17.3. The average molecular weight is 534 g/mol. The number of carbonyl (C=O) groups excluding carboxylic acids is 2. The molecule has 0 spiro atoms. The molecule has 3 rings (SSSR count). The fourth-order valence-corrected chi connectivity index (χ4v) is 5.58. The van der Waals surface area contributed by atoms with Crippen LogP contribution in [0.1, 0.15) is 79.3 Å². The van der Waals surface area contributed by atoms with Crippen LogP contribution in [0.2, 0.25) is 0 Å². The zero-order valence-corrected chi connectivity index (χ0v) is 24.0. The largest absolute Gasteiger partial charge is 0.458 e. The number of Topliss-reactive ketones (excluding diaryl/α,β-unsaturated/α-hetero) is 1. The normalized spacial score (nSPS) is 36.0. The van der Waals surface area contributed by atoms with Crippen molar-refractivity contribution in [2.75, 3.05) is 6.26 Å². The van der Waals surface area contributed by atoms with Crippen molar-refractivity contribution in [2.45, 2.75) is 109 Å². The fraction of sp³-hybridized carbons (Fsp3) is 0.690. The number of hydrogen-bond donors (Lipinski definition) is 2. The van der Waals surface area contributed by atoms with Crippen molar-refractivity contribution in [1.82, 2.24) is 4.98 Å². The highest BCUT2D eigenvalue weighted by atomic mass is 32.2. The lowest BCUT2D eigenvalue weighted by Crippen LogP contribution is -2.45. The number of nitrogens with zero attached hydrogens (tertiary/aromatic N) is 1. The third-order valence-electron chi connectivity index (χ3n) is 8.29. The molecule has 2 saturated heterocycles. The van der Waals surface area contributed by atoms with E-state index < -0.39 is 35.6 Å². The van der Waals surface area contributed by atoms with E-state index in [2.05, 4.69) is 11.9 Å². The van der Waals surface area contributed by atoms with Gasteiger partial charge in [-0.2, -0.15) is 0 Å². The fourth-order valence-electron chi connectivity index (χ4n) is 5.22. The van der Waals surface area contributed by atoms with E-state index in [9.17, 15) is 19.8 Å². The molecule has 8 heteroatoms. The molecule has 1 aromatic rings. The van der Waals surface area contributed by atoms with Gasteiger partial charge >= 0.3 is 5.97 Å². The number of aromatic nitrogens is 1. The zero-order valence-electron chi connectivity index (χ0n) is 23.2. The second kappa shape index (κ2) is 12.0. The molecule has 0 amide bonds. The van der Waals surface area contributed by atoms with Crippen LogP contribution in [0.5, 0.6) is 0 Å². The van der Waals surface area contributed by atoms with Crippen molar-refractivity contribution in [3.63, 3.8) is 0 Å².